The van der Waals surface area contributed by atoms with Crippen molar-refractivity contribution in [3.05, 3.63) is 72.1 Å². The van der Waals surface area contributed by atoms with Crippen molar-refractivity contribution in [2.45, 2.75) is 36.6 Å². The highest BCUT2D eigenvalue weighted by molar-refractivity contribution is 7.99. The first-order chi connectivity index (χ1) is 14.6. The van der Waals surface area contributed by atoms with Crippen molar-refractivity contribution in [1.82, 2.24) is 9.97 Å². The lowest BCUT2D eigenvalue weighted by Crippen LogP contribution is -2.38. The van der Waals surface area contributed by atoms with Gasteiger partial charge in [0.2, 0.25) is 5.91 Å². The van der Waals surface area contributed by atoms with E-state index in [0.29, 0.717) is 0 Å². The van der Waals surface area contributed by atoms with Gasteiger partial charge in [0.1, 0.15) is 5.03 Å². The normalized spacial score (nSPS) is 14.5. The maximum Gasteiger partial charge on any atom is 0.227 e. The molecular formula is C24H26N4OS. The Kier molecular flexibility index (Phi) is 6.33. The fraction of sp³-hybridized carbons (Fsp3) is 0.292. The number of nitrogens with zero attached hydrogens (tertiary/aromatic N) is 3. The number of aromatic nitrogens is 2. The Morgan fingerprint density at radius 3 is 2.20 bits per heavy atom. The molecule has 154 valence electrons. The van der Waals surface area contributed by atoms with E-state index in [9.17, 15) is 4.79 Å². The summed E-state index contributed by atoms with van der Waals surface area (Å²) in [6, 6.07) is 16.4. The third-order valence-corrected chi connectivity index (χ3v) is 6.36. The minimum Gasteiger partial charge on any atom is -0.354 e. The summed E-state index contributed by atoms with van der Waals surface area (Å²) in [6.45, 7) is 5.72. The molecule has 0 aliphatic carbocycles. The molecule has 5 nitrogen and oxygen atoms in total. The Labute approximate surface area is 181 Å². The first-order valence-electron chi connectivity index (χ1n) is 10.3. The van der Waals surface area contributed by atoms with Gasteiger partial charge in [-0.1, -0.05) is 47.2 Å². The van der Waals surface area contributed by atoms with E-state index in [1.54, 1.807) is 24.2 Å². The van der Waals surface area contributed by atoms with Gasteiger partial charge in [-0.2, -0.15) is 0 Å². The number of hydrogen-bond donors (Lipinski definition) is 1. The number of rotatable bonds is 5. The van der Waals surface area contributed by atoms with Gasteiger partial charge in [-0.05, 0) is 51.0 Å². The molecule has 6 heteroatoms. The number of carbonyl (C=O) groups is 1. The lowest BCUT2D eigenvalue weighted by atomic mass is 9.96. The molecule has 2 aromatic carbocycles. The van der Waals surface area contributed by atoms with E-state index in [1.807, 2.05) is 31.2 Å². The zero-order valence-corrected chi connectivity index (χ0v) is 18.2. The summed E-state index contributed by atoms with van der Waals surface area (Å²) in [5.74, 6) is 1.03. The summed E-state index contributed by atoms with van der Waals surface area (Å²) in [6.07, 6.45) is 5.10. The van der Waals surface area contributed by atoms with Crippen LogP contribution in [0.3, 0.4) is 0 Å². The summed E-state index contributed by atoms with van der Waals surface area (Å²) >= 11 is 1.63. The molecule has 0 atom stereocenters. The summed E-state index contributed by atoms with van der Waals surface area (Å²) < 4.78 is 0. The van der Waals surface area contributed by atoms with Crippen molar-refractivity contribution in [2.24, 2.45) is 5.92 Å². The number of carbonyl (C=O) groups excluding carboxylic acids is 1. The van der Waals surface area contributed by atoms with Crippen LogP contribution in [0.15, 0.2) is 70.8 Å². The Morgan fingerprint density at radius 1 is 0.933 bits per heavy atom. The van der Waals surface area contributed by atoms with Gasteiger partial charge in [-0.3, -0.25) is 4.79 Å². The Balaban J connectivity index is 1.38. The molecule has 1 fully saturated rings. The predicted molar refractivity (Wildman–Crippen MR) is 122 cm³/mol. The number of aryl methyl sites for hydroxylation is 2. The molecule has 1 aliphatic rings. The lowest BCUT2D eigenvalue weighted by Gasteiger charge is -2.32. The molecule has 3 aromatic rings. The SMILES string of the molecule is Cc1ccc(NC(=O)C2CCN(c3nccnc3Sc3ccc(C)cc3)CC2)cc1. The fourth-order valence-corrected chi connectivity index (χ4v) is 4.44. The zero-order valence-electron chi connectivity index (χ0n) is 17.3. The first kappa shape index (κ1) is 20.4. The molecular weight excluding hydrogens is 392 g/mol. The third-order valence-electron chi connectivity index (χ3n) is 5.37. The monoisotopic (exact) mass is 418 g/mol. The molecule has 2 heterocycles. The Bertz CT molecular complexity index is 996. The molecule has 4 rings (SSSR count). The topological polar surface area (TPSA) is 58.1 Å². The van der Waals surface area contributed by atoms with Crippen LogP contribution in [0.5, 0.6) is 0 Å². The van der Waals surface area contributed by atoms with E-state index < -0.39 is 0 Å². The summed E-state index contributed by atoms with van der Waals surface area (Å²) in [5.41, 5.74) is 3.29. The quantitative estimate of drug-likeness (QED) is 0.625. The number of benzene rings is 2. The molecule has 1 saturated heterocycles. The van der Waals surface area contributed by atoms with Crippen LogP contribution in [0.25, 0.3) is 0 Å². The molecule has 1 aliphatic heterocycles. The van der Waals surface area contributed by atoms with Crippen LogP contribution in [0.1, 0.15) is 24.0 Å². The maximum atomic E-state index is 12.7. The molecule has 0 unspecified atom stereocenters. The fourth-order valence-electron chi connectivity index (χ4n) is 3.56. The minimum absolute atomic E-state index is 0.0208. The number of amides is 1. The average Bonchev–Trinajstić information content (AvgIpc) is 2.77. The van der Waals surface area contributed by atoms with Gasteiger partial charge in [0, 0.05) is 42.0 Å². The highest BCUT2D eigenvalue weighted by Gasteiger charge is 2.27. The zero-order chi connectivity index (χ0) is 20.9. The van der Waals surface area contributed by atoms with Crippen LogP contribution in [0.2, 0.25) is 0 Å². The van der Waals surface area contributed by atoms with Gasteiger partial charge in [-0.25, -0.2) is 9.97 Å². The van der Waals surface area contributed by atoms with Crippen molar-refractivity contribution < 1.29 is 4.79 Å². The molecule has 1 aromatic heterocycles. The van der Waals surface area contributed by atoms with E-state index in [4.69, 9.17) is 0 Å². The number of nitrogens with one attached hydrogen (secondary N) is 1. The van der Waals surface area contributed by atoms with Crippen LogP contribution >= 0.6 is 11.8 Å². The second kappa shape index (κ2) is 9.30. The van der Waals surface area contributed by atoms with Crippen molar-refractivity contribution >= 4 is 29.2 Å². The van der Waals surface area contributed by atoms with E-state index >= 15 is 0 Å². The van der Waals surface area contributed by atoms with Gasteiger partial charge in [-0.15, -0.1) is 0 Å². The standard InChI is InChI=1S/C24H26N4OS/c1-17-3-7-20(8-4-17)27-23(29)19-11-15-28(16-12-19)22-24(26-14-13-25-22)30-21-9-5-18(2)6-10-21/h3-10,13-14,19H,11-12,15-16H2,1-2H3,(H,27,29). The van der Waals surface area contributed by atoms with Gasteiger partial charge >= 0.3 is 0 Å². The molecule has 0 radical (unpaired) electrons. The Hall–Kier alpha value is -2.86. The lowest BCUT2D eigenvalue weighted by molar-refractivity contribution is -0.120. The maximum absolute atomic E-state index is 12.7. The van der Waals surface area contributed by atoms with Crippen molar-refractivity contribution in [1.29, 1.82) is 0 Å². The van der Waals surface area contributed by atoms with E-state index in [2.05, 4.69) is 51.4 Å². The second-order valence-electron chi connectivity index (χ2n) is 7.72. The average molecular weight is 419 g/mol. The van der Waals surface area contributed by atoms with Crippen molar-refractivity contribution in [3.8, 4) is 0 Å². The van der Waals surface area contributed by atoms with Crippen molar-refractivity contribution in [3.63, 3.8) is 0 Å². The van der Waals surface area contributed by atoms with Gasteiger partial charge in [0.05, 0.1) is 0 Å². The molecule has 30 heavy (non-hydrogen) atoms. The number of hydrogen-bond acceptors (Lipinski definition) is 5. The molecule has 0 spiro atoms. The van der Waals surface area contributed by atoms with Crippen molar-refractivity contribution in [2.75, 3.05) is 23.3 Å². The van der Waals surface area contributed by atoms with Gasteiger partial charge < -0.3 is 10.2 Å². The van der Waals surface area contributed by atoms with Gasteiger partial charge in [0.15, 0.2) is 5.82 Å². The summed E-state index contributed by atoms with van der Waals surface area (Å²) in [5, 5.41) is 3.96. The van der Waals surface area contributed by atoms with E-state index in [0.717, 1.165) is 47.4 Å². The first-order valence-corrected chi connectivity index (χ1v) is 11.1. The minimum atomic E-state index is 0.0208. The number of piperidine rings is 1. The summed E-state index contributed by atoms with van der Waals surface area (Å²) in [4.78, 5) is 25.2. The molecule has 1 amide bonds. The number of anilines is 2. The molecule has 0 bridgehead atoms. The largest absolute Gasteiger partial charge is 0.354 e. The van der Waals surface area contributed by atoms with Gasteiger partial charge in [0.25, 0.3) is 0 Å². The van der Waals surface area contributed by atoms with Crippen LogP contribution in [-0.4, -0.2) is 29.0 Å². The predicted octanol–water partition coefficient (Wildman–Crippen LogP) is 5.10. The van der Waals surface area contributed by atoms with Crippen LogP contribution in [-0.2, 0) is 4.79 Å². The highest BCUT2D eigenvalue weighted by atomic mass is 32.2. The van der Waals surface area contributed by atoms with E-state index in [-0.39, 0.29) is 11.8 Å². The second-order valence-corrected chi connectivity index (χ2v) is 8.78. The Morgan fingerprint density at radius 2 is 1.53 bits per heavy atom. The summed E-state index contributed by atoms with van der Waals surface area (Å²) in [7, 11) is 0. The molecule has 1 N–H and O–H groups in total. The van der Waals surface area contributed by atoms with Crippen LogP contribution < -0.4 is 10.2 Å². The highest BCUT2D eigenvalue weighted by Crippen LogP contribution is 2.34. The van der Waals surface area contributed by atoms with E-state index in [1.165, 1.54) is 11.1 Å². The van der Waals surface area contributed by atoms with Crippen LogP contribution in [0, 0.1) is 19.8 Å². The molecule has 0 saturated carbocycles. The van der Waals surface area contributed by atoms with Crippen LogP contribution in [0.4, 0.5) is 11.5 Å². The smallest absolute Gasteiger partial charge is 0.227 e. The third kappa shape index (κ3) is 5.00.